The van der Waals surface area contributed by atoms with Crippen LogP contribution in [0.1, 0.15) is 69.7 Å². The lowest BCUT2D eigenvalue weighted by Crippen LogP contribution is -2.48. The van der Waals surface area contributed by atoms with E-state index >= 15 is 0 Å². The Hall–Kier alpha value is -4.06. The highest BCUT2D eigenvalue weighted by molar-refractivity contribution is 6.00. The van der Waals surface area contributed by atoms with Gasteiger partial charge in [-0.05, 0) is 85.3 Å². The van der Waals surface area contributed by atoms with E-state index in [1.165, 1.54) is 12.1 Å². The minimum absolute atomic E-state index is 0.0196. The Morgan fingerprint density at radius 2 is 1.62 bits per heavy atom. The first-order valence-electron chi connectivity index (χ1n) is 14.2. The van der Waals surface area contributed by atoms with Gasteiger partial charge in [0.15, 0.2) is 0 Å². The lowest BCUT2D eigenvalue weighted by molar-refractivity contribution is 0.0755. The smallest absolute Gasteiger partial charge is 0.253 e. The Morgan fingerprint density at radius 1 is 0.952 bits per heavy atom. The lowest BCUT2D eigenvalue weighted by Gasteiger charge is -2.25. The minimum Gasteiger partial charge on any atom is -0.390 e. The van der Waals surface area contributed by atoms with Crippen LogP contribution >= 0.6 is 0 Å². The van der Waals surface area contributed by atoms with Crippen LogP contribution in [0, 0.1) is 30.9 Å². The van der Waals surface area contributed by atoms with Gasteiger partial charge in [0.25, 0.3) is 11.8 Å². The molecule has 3 N–H and O–H groups in total. The highest BCUT2D eigenvalue weighted by Gasteiger charge is 2.24. The Morgan fingerprint density at radius 3 is 2.26 bits per heavy atom. The highest BCUT2D eigenvalue weighted by atomic mass is 19.1. The predicted octanol–water partition coefficient (Wildman–Crippen LogP) is 5.01. The van der Waals surface area contributed by atoms with Gasteiger partial charge in [0.1, 0.15) is 11.6 Å². The maximum Gasteiger partial charge on any atom is 0.253 e. The van der Waals surface area contributed by atoms with Crippen LogP contribution in [0.25, 0.3) is 0 Å². The number of amides is 2. The van der Waals surface area contributed by atoms with Crippen LogP contribution in [-0.2, 0) is 13.0 Å². The van der Waals surface area contributed by atoms with Gasteiger partial charge in [0, 0.05) is 48.9 Å². The SMILES string of the molecule is C#Cc1cccc(CNC[C@@H](O)[C@H](Cc2cc(F)cc(F)c2)NC(=O)c2cc(C)cc(C(=O)N(CCC)CCC)c2)c1. The Bertz CT molecular complexity index is 1390. The normalized spacial score (nSPS) is 12.3. The molecule has 0 unspecified atom stereocenters. The van der Waals surface area contributed by atoms with Crippen LogP contribution in [0.15, 0.2) is 60.7 Å². The first-order chi connectivity index (χ1) is 20.1. The molecule has 2 atom stereocenters. The Labute approximate surface area is 247 Å². The van der Waals surface area contributed by atoms with Gasteiger partial charge in [0.2, 0.25) is 0 Å². The van der Waals surface area contributed by atoms with E-state index in [1.807, 2.05) is 38.1 Å². The summed E-state index contributed by atoms with van der Waals surface area (Å²) in [5.41, 5.74) is 3.34. The third-order valence-electron chi connectivity index (χ3n) is 6.80. The van der Waals surface area contributed by atoms with Crippen LogP contribution < -0.4 is 10.6 Å². The van der Waals surface area contributed by atoms with Gasteiger partial charge in [-0.2, -0.15) is 0 Å². The molecule has 0 heterocycles. The number of halogens is 2. The van der Waals surface area contributed by atoms with Crippen molar-refractivity contribution in [1.82, 2.24) is 15.5 Å². The molecule has 0 fully saturated rings. The van der Waals surface area contributed by atoms with Crippen molar-refractivity contribution in [3.63, 3.8) is 0 Å². The van der Waals surface area contributed by atoms with Crippen LogP contribution in [0.4, 0.5) is 8.78 Å². The first kappa shape index (κ1) is 32.5. The van der Waals surface area contributed by atoms with E-state index in [4.69, 9.17) is 6.42 Å². The number of terminal acetylenes is 1. The summed E-state index contributed by atoms with van der Waals surface area (Å²) in [5.74, 6) is 0.427. The fourth-order valence-corrected chi connectivity index (χ4v) is 4.87. The zero-order chi connectivity index (χ0) is 30.6. The molecule has 0 saturated carbocycles. The molecule has 2 amide bonds. The van der Waals surface area contributed by atoms with Crippen molar-refractivity contribution in [2.75, 3.05) is 19.6 Å². The van der Waals surface area contributed by atoms with Crippen molar-refractivity contribution < 1.29 is 23.5 Å². The van der Waals surface area contributed by atoms with Gasteiger partial charge >= 0.3 is 0 Å². The zero-order valence-corrected chi connectivity index (χ0v) is 24.4. The fraction of sp³-hybridized carbons (Fsp3) is 0.353. The number of aliphatic hydroxyl groups excluding tert-OH is 1. The molecule has 3 rings (SSSR count). The van der Waals surface area contributed by atoms with Crippen molar-refractivity contribution >= 4 is 11.8 Å². The molecular weight excluding hydrogens is 536 g/mol. The summed E-state index contributed by atoms with van der Waals surface area (Å²) in [6, 6.07) is 14.6. The number of nitrogens with one attached hydrogen (secondary N) is 2. The predicted molar refractivity (Wildman–Crippen MR) is 161 cm³/mol. The van der Waals surface area contributed by atoms with E-state index in [0.717, 1.165) is 35.6 Å². The van der Waals surface area contributed by atoms with E-state index in [0.29, 0.717) is 25.2 Å². The molecule has 0 spiro atoms. The molecule has 0 radical (unpaired) electrons. The quantitative estimate of drug-likeness (QED) is 0.236. The average molecular weight is 576 g/mol. The standard InChI is InChI=1S/C34H39F2N3O3/c1-5-11-39(12-6-2)34(42)28-14-23(4)13-27(19-28)33(41)38-31(18-26-16-29(35)20-30(36)17-26)32(40)22-37-21-25-10-8-9-24(7-3)15-25/h3,8-10,13-17,19-20,31-32,37,40H,5-6,11-12,18,21-22H2,1-2,4H3,(H,38,41)/t31-,32+/m0/s1. The molecule has 0 aliphatic rings. The number of hydrogen-bond acceptors (Lipinski definition) is 4. The maximum absolute atomic E-state index is 13.9. The summed E-state index contributed by atoms with van der Waals surface area (Å²) < 4.78 is 27.9. The molecule has 3 aromatic rings. The fourth-order valence-electron chi connectivity index (χ4n) is 4.87. The third kappa shape index (κ3) is 9.51. The number of benzene rings is 3. The van der Waals surface area contributed by atoms with Crippen molar-refractivity contribution in [1.29, 1.82) is 0 Å². The van der Waals surface area contributed by atoms with Crippen LogP contribution in [0.2, 0.25) is 0 Å². The summed E-state index contributed by atoms with van der Waals surface area (Å²) >= 11 is 0. The number of nitrogens with zero attached hydrogens (tertiary/aromatic N) is 1. The molecule has 0 saturated heterocycles. The number of hydrogen-bond donors (Lipinski definition) is 3. The molecule has 3 aromatic carbocycles. The molecule has 8 heteroatoms. The lowest BCUT2D eigenvalue weighted by atomic mass is 9.99. The maximum atomic E-state index is 13.9. The molecule has 222 valence electrons. The van der Waals surface area contributed by atoms with Crippen molar-refractivity contribution in [3.8, 4) is 12.3 Å². The second-order valence-corrected chi connectivity index (χ2v) is 10.5. The third-order valence-corrected chi connectivity index (χ3v) is 6.80. The summed E-state index contributed by atoms with van der Waals surface area (Å²) in [4.78, 5) is 28.5. The number of rotatable bonds is 14. The van der Waals surface area contributed by atoms with Gasteiger partial charge < -0.3 is 20.6 Å². The van der Waals surface area contributed by atoms with E-state index in [9.17, 15) is 23.5 Å². The van der Waals surface area contributed by atoms with Gasteiger partial charge in [-0.3, -0.25) is 9.59 Å². The van der Waals surface area contributed by atoms with E-state index in [-0.39, 0.29) is 30.0 Å². The number of carbonyl (C=O) groups excluding carboxylic acids is 2. The Balaban J connectivity index is 1.81. The van der Waals surface area contributed by atoms with Crippen molar-refractivity contribution in [2.45, 2.75) is 58.7 Å². The Kier molecular flexibility index (Phi) is 12.2. The molecule has 6 nitrogen and oxygen atoms in total. The van der Waals surface area contributed by atoms with Gasteiger partial charge in [-0.25, -0.2) is 8.78 Å². The molecular formula is C34H39F2N3O3. The average Bonchev–Trinajstić information content (AvgIpc) is 2.95. The summed E-state index contributed by atoms with van der Waals surface area (Å²) in [7, 11) is 0. The van der Waals surface area contributed by atoms with Crippen LogP contribution in [-0.4, -0.2) is 53.6 Å². The largest absolute Gasteiger partial charge is 0.390 e. The summed E-state index contributed by atoms with van der Waals surface area (Å²) in [6.45, 7) is 7.54. The second kappa shape index (κ2) is 15.8. The van der Waals surface area contributed by atoms with Gasteiger partial charge in [0.05, 0.1) is 12.1 Å². The summed E-state index contributed by atoms with van der Waals surface area (Å²) in [6.07, 6.45) is 5.98. The first-order valence-corrected chi connectivity index (χ1v) is 14.2. The highest BCUT2D eigenvalue weighted by Crippen LogP contribution is 2.16. The molecule has 42 heavy (non-hydrogen) atoms. The number of aliphatic hydroxyl groups is 1. The molecule has 0 aliphatic carbocycles. The van der Waals surface area contributed by atoms with Gasteiger partial charge in [-0.15, -0.1) is 6.42 Å². The second-order valence-electron chi connectivity index (χ2n) is 10.5. The van der Waals surface area contributed by atoms with Crippen molar-refractivity contribution in [3.05, 3.63) is 106 Å². The molecule has 0 bridgehead atoms. The summed E-state index contributed by atoms with van der Waals surface area (Å²) in [5, 5.41) is 17.1. The van der Waals surface area contributed by atoms with Crippen molar-refractivity contribution in [2.24, 2.45) is 0 Å². The number of aryl methyl sites for hydroxylation is 1. The zero-order valence-electron chi connectivity index (χ0n) is 24.4. The van der Waals surface area contributed by atoms with E-state index in [2.05, 4.69) is 16.6 Å². The topological polar surface area (TPSA) is 81.7 Å². The van der Waals surface area contributed by atoms with Gasteiger partial charge in [-0.1, -0.05) is 31.9 Å². The van der Waals surface area contributed by atoms with E-state index < -0.39 is 29.7 Å². The molecule has 0 aliphatic heterocycles. The minimum atomic E-state index is -1.10. The molecule has 0 aromatic heterocycles. The van der Waals surface area contributed by atoms with Crippen LogP contribution in [0.3, 0.4) is 0 Å². The van der Waals surface area contributed by atoms with Crippen LogP contribution in [0.5, 0.6) is 0 Å². The number of carbonyl (C=O) groups is 2. The van der Waals surface area contributed by atoms with E-state index in [1.54, 1.807) is 30.0 Å². The monoisotopic (exact) mass is 575 g/mol.